The quantitative estimate of drug-likeness (QED) is 0.250. The topological polar surface area (TPSA) is 94.8 Å². The van der Waals surface area contributed by atoms with E-state index in [1.807, 2.05) is 0 Å². The molecule has 0 bridgehead atoms. The van der Waals surface area contributed by atoms with Crippen LogP contribution >= 0.6 is 27.8 Å². The first-order valence-corrected chi connectivity index (χ1v) is 11.9. The molecule has 0 aliphatic carbocycles. The SMILES string of the molecule is CCCCCCCCCCCCSC#CC(O)([PH2]=O)P(=O)(O)O. The second kappa shape index (κ2) is 13.5. The van der Waals surface area contributed by atoms with Crippen molar-refractivity contribution in [2.24, 2.45) is 0 Å². The van der Waals surface area contributed by atoms with Crippen molar-refractivity contribution in [1.82, 2.24) is 0 Å². The van der Waals surface area contributed by atoms with Crippen LogP contribution in [-0.2, 0) is 9.13 Å². The summed E-state index contributed by atoms with van der Waals surface area (Å²) in [4.78, 5) is 17.8. The first-order valence-electron chi connectivity index (χ1n) is 8.25. The van der Waals surface area contributed by atoms with E-state index in [0.29, 0.717) is 0 Å². The number of hydrogen-bond donors (Lipinski definition) is 3. The summed E-state index contributed by atoms with van der Waals surface area (Å²) >= 11 is 1.20. The molecule has 0 amide bonds. The van der Waals surface area contributed by atoms with Gasteiger partial charge in [0, 0.05) is 5.75 Å². The van der Waals surface area contributed by atoms with Gasteiger partial charge in [-0.25, -0.2) is 0 Å². The maximum atomic E-state index is 11.0. The normalized spacial score (nSPS) is 14.6. The van der Waals surface area contributed by atoms with Gasteiger partial charge in [0.05, 0.1) is 0 Å². The minimum atomic E-state index is -4.88. The van der Waals surface area contributed by atoms with E-state index in [0.717, 1.165) is 18.6 Å². The molecule has 0 aromatic carbocycles. The van der Waals surface area contributed by atoms with E-state index in [1.54, 1.807) is 0 Å². The van der Waals surface area contributed by atoms with Crippen molar-refractivity contribution >= 4 is 27.8 Å². The predicted octanol–water partition coefficient (Wildman–Crippen LogP) is 4.18. The summed E-state index contributed by atoms with van der Waals surface area (Å²) < 4.78 is 21.8. The molecule has 0 aromatic rings. The highest BCUT2D eigenvalue weighted by atomic mass is 32.2. The monoisotopic (exact) mass is 384 g/mol. The van der Waals surface area contributed by atoms with Crippen LogP contribution in [0.15, 0.2) is 0 Å². The fraction of sp³-hybridized carbons (Fsp3) is 0.867. The van der Waals surface area contributed by atoms with Gasteiger partial charge in [-0.15, -0.1) is 0 Å². The molecule has 0 aromatic heterocycles. The Morgan fingerprint density at radius 1 is 1.00 bits per heavy atom. The lowest BCUT2D eigenvalue weighted by Crippen LogP contribution is -2.17. The summed E-state index contributed by atoms with van der Waals surface area (Å²) in [6.07, 6.45) is 12.4. The van der Waals surface area contributed by atoms with Gasteiger partial charge in [0.15, 0.2) is 0 Å². The first kappa shape index (κ1) is 23.2. The van der Waals surface area contributed by atoms with E-state index in [-0.39, 0.29) is 0 Å². The van der Waals surface area contributed by atoms with Gasteiger partial charge in [-0.05, 0) is 17.6 Å². The van der Waals surface area contributed by atoms with Crippen molar-refractivity contribution in [3.05, 3.63) is 0 Å². The molecule has 0 saturated heterocycles. The Kier molecular flexibility index (Phi) is 13.7. The standard InChI is InChI=1S/C15H30O5P2S/c1-2-3-4-5-6-7-8-9-10-11-13-23-14-12-15(16,21-17)22(18,19)20/h16H,2-11,13,21H2,1H3,(H2,18,19,20). The molecule has 5 nitrogen and oxygen atoms in total. The Bertz CT molecular complexity index is 429. The van der Waals surface area contributed by atoms with Gasteiger partial charge >= 0.3 is 7.60 Å². The maximum Gasteiger partial charge on any atom is 0.376 e. The summed E-state index contributed by atoms with van der Waals surface area (Å²) in [5, 5.41) is 9.30. The molecule has 23 heavy (non-hydrogen) atoms. The van der Waals surface area contributed by atoms with Gasteiger partial charge < -0.3 is 19.5 Å². The van der Waals surface area contributed by atoms with Crippen molar-refractivity contribution in [3.8, 4) is 11.2 Å². The highest BCUT2D eigenvalue weighted by Gasteiger charge is 2.43. The lowest BCUT2D eigenvalue weighted by atomic mass is 10.1. The zero-order chi connectivity index (χ0) is 17.6. The Morgan fingerprint density at radius 2 is 1.48 bits per heavy atom. The van der Waals surface area contributed by atoms with Crippen LogP contribution in [0.4, 0.5) is 0 Å². The van der Waals surface area contributed by atoms with E-state index < -0.39 is 21.1 Å². The second-order valence-corrected chi connectivity index (χ2v) is 9.87. The molecule has 0 spiro atoms. The molecule has 0 radical (unpaired) electrons. The average molecular weight is 384 g/mol. The number of thioether (sulfide) groups is 1. The minimum absolute atomic E-state index is 0.745. The summed E-state index contributed by atoms with van der Waals surface area (Å²) in [5.41, 5.74) is 0. The fourth-order valence-electron chi connectivity index (χ4n) is 1.99. The molecular formula is C15H30O5P2S. The molecular weight excluding hydrogens is 354 g/mol. The maximum absolute atomic E-state index is 11.0. The van der Waals surface area contributed by atoms with Gasteiger partial charge in [0.25, 0.3) is 5.08 Å². The minimum Gasteiger partial charge on any atom is -0.362 e. The van der Waals surface area contributed by atoms with Crippen LogP contribution in [0.2, 0.25) is 0 Å². The third kappa shape index (κ3) is 11.4. The highest BCUT2D eigenvalue weighted by Crippen LogP contribution is 2.54. The largest absolute Gasteiger partial charge is 0.376 e. The summed E-state index contributed by atoms with van der Waals surface area (Å²) in [5.74, 6) is 2.80. The molecule has 8 heteroatoms. The van der Waals surface area contributed by atoms with E-state index in [9.17, 15) is 14.2 Å². The average Bonchev–Trinajstić information content (AvgIpc) is 2.50. The molecule has 0 rings (SSSR count). The van der Waals surface area contributed by atoms with E-state index in [2.05, 4.69) is 18.1 Å². The second-order valence-electron chi connectivity index (χ2n) is 5.65. The number of rotatable bonds is 13. The number of unbranched alkanes of at least 4 members (excludes halogenated alkanes) is 9. The molecule has 0 heterocycles. The number of hydrogen-bond acceptors (Lipinski definition) is 4. The van der Waals surface area contributed by atoms with Gasteiger partial charge in [-0.3, -0.25) is 4.57 Å². The Morgan fingerprint density at radius 3 is 1.91 bits per heavy atom. The van der Waals surface area contributed by atoms with Crippen LogP contribution in [0.1, 0.15) is 71.1 Å². The van der Waals surface area contributed by atoms with E-state index >= 15 is 0 Å². The van der Waals surface area contributed by atoms with Crippen molar-refractivity contribution in [1.29, 1.82) is 0 Å². The Hall–Kier alpha value is 0.250. The van der Waals surface area contributed by atoms with Crippen LogP contribution in [0.5, 0.6) is 0 Å². The van der Waals surface area contributed by atoms with Gasteiger partial charge in [-0.2, -0.15) is 0 Å². The Labute approximate surface area is 145 Å². The highest BCUT2D eigenvalue weighted by molar-refractivity contribution is 8.03. The zero-order valence-electron chi connectivity index (χ0n) is 13.9. The molecule has 2 atom stereocenters. The van der Waals surface area contributed by atoms with Crippen LogP contribution in [0, 0.1) is 11.2 Å². The Balaban J connectivity index is 3.63. The zero-order valence-corrected chi connectivity index (χ0v) is 16.7. The molecule has 136 valence electrons. The van der Waals surface area contributed by atoms with Crippen LogP contribution in [0.25, 0.3) is 0 Å². The molecule has 0 aliphatic rings. The molecule has 3 N–H and O–H groups in total. The summed E-state index contributed by atoms with van der Waals surface area (Å²) in [6, 6.07) is 0. The molecule has 0 fully saturated rings. The van der Waals surface area contributed by atoms with Gasteiger partial charge in [0.1, 0.15) is 8.46 Å². The smallest absolute Gasteiger partial charge is 0.362 e. The van der Waals surface area contributed by atoms with Crippen molar-refractivity contribution in [2.75, 3.05) is 5.75 Å². The van der Waals surface area contributed by atoms with Crippen molar-refractivity contribution < 1.29 is 24.0 Å². The number of aliphatic hydroxyl groups is 1. The fourth-order valence-corrected chi connectivity index (χ4v) is 3.74. The third-order valence-corrected chi connectivity index (χ3v) is 7.05. The molecule has 0 saturated carbocycles. The van der Waals surface area contributed by atoms with Crippen LogP contribution in [-0.4, -0.2) is 25.7 Å². The summed E-state index contributed by atoms with van der Waals surface area (Å²) in [7, 11) is -6.96. The third-order valence-electron chi connectivity index (χ3n) is 3.52. The lowest BCUT2D eigenvalue weighted by molar-refractivity contribution is 0.214. The van der Waals surface area contributed by atoms with Gasteiger partial charge in [0.2, 0.25) is 0 Å². The first-order chi connectivity index (χ1) is 10.9. The van der Waals surface area contributed by atoms with E-state index in [1.165, 1.54) is 63.1 Å². The molecule has 2 unspecified atom stereocenters. The van der Waals surface area contributed by atoms with Crippen LogP contribution in [0.3, 0.4) is 0 Å². The van der Waals surface area contributed by atoms with E-state index in [4.69, 9.17) is 9.79 Å². The predicted molar refractivity (Wildman–Crippen MR) is 99.5 cm³/mol. The van der Waals surface area contributed by atoms with Crippen molar-refractivity contribution in [3.63, 3.8) is 0 Å². The molecule has 0 aliphatic heterocycles. The van der Waals surface area contributed by atoms with Crippen LogP contribution < -0.4 is 0 Å². The van der Waals surface area contributed by atoms with Gasteiger partial charge in [-0.1, -0.05) is 76.5 Å². The van der Waals surface area contributed by atoms with Crippen molar-refractivity contribution in [2.45, 2.75) is 76.2 Å². The summed E-state index contributed by atoms with van der Waals surface area (Å²) in [6.45, 7) is 2.22. The lowest BCUT2D eigenvalue weighted by Gasteiger charge is -2.16.